The van der Waals surface area contributed by atoms with Crippen molar-refractivity contribution in [2.24, 2.45) is 5.92 Å². The van der Waals surface area contributed by atoms with Crippen LogP contribution in [-0.2, 0) is 10.0 Å². The van der Waals surface area contributed by atoms with Gasteiger partial charge in [-0.2, -0.15) is 4.31 Å². The maximum Gasteiger partial charge on any atom is 0.244 e. The van der Waals surface area contributed by atoms with Crippen LogP contribution in [-0.4, -0.2) is 38.4 Å². The summed E-state index contributed by atoms with van der Waals surface area (Å²) in [5.41, 5.74) is 0. The molecule has 4 nitrogen and oxygen atoms in total. The molecule has 2 aliphatic rings. The fourth-order valence-corrected chi connectivity index (χ4v) is 5.58. The zero-order valence-electron chi connectivity index (χ0n) is 10.9. The van der Waals surface area contributed by atoms with E-state index < -0.39 is 15.8 Å². The van der Waals surface area contributed by atoms with E-state index in [2.05, 4.69) is 21.2 Å². The Kier molecular flexibility index (Phi) is 3.87. The van der Waals surface area contributed by atoms with Crippen LogP contribution >= 0.6 is 15.9 Å². The first-order valence-electron chi connectivity index (χ1n) is 6.67. The maximum absolute atomic E-state index is 13.1. The van der Waals surface area contributed by atoms with Crippen molar-refractivity contribution in [2.45, 2.75) is 23.8 Å². The summed E-state index contributed by atoms with van der Waals surface area (Å²) in [5, 5.41) is 3.41. The molecule has 0 saturated carbocycles. The van der Waals surface area contributed by atoms with Crippen molar-refractivity contribution >= 4 is 26.0 Å². The number of benzene rings is 1. The van der Waals surface area contributed by atoms with Gasteiger partial charge in [-0.3, -0.25) is 0 Å². The second-order valence-electron chi connectivity index (χ2n) is 5.34. The molecule has 1 aromatic carbocycles. The van der Waals surface area contributed by atoms with E-state index in [9.17, 15) is 12.8 Å². The summed E-state index contributed by atoms with van der Waals surface area (Å²) in [6.45, 7) is 2.02. The molecular formula is C13H16BrFN2O2S. The molecule has 0 aliphatic carbocycles. The summed E-state index contributed by atoms with van der Waals surface area (Å²) in [6, 6.07) is 4.14. The molecule has 0 spiro atoms. The lowest BCUT2D eigenvalue weighted by molar-refractivity contribution is 0.247. The van der Waals surface area contributed by atoms with Crippen LogP contribution in [0.25, 0.3) is 0 Å². The molecular weight excluding hydrogens is 347 g/mol. The largest absolute Gasteiger partial charge is 0.314 e. The molecule has 0 aromatic heterocycles. The molecule has 2 unspecified atom stereocenters. The van der Waals surface area contributed by atoms with Gasteiger partial charge in [0.1, 0.15) is 5.82 Å². The monoisotopic (exact) mass is 362 g/mol. The molecule has 0 bridgehead atoms. The number of rotatable bonds is 2. The van der Waals surface area contributed by atoms with Crippen molar-refractivity contribution in [1.82, 2.24) is 9.62 Å². The van der Waals surface area contributed by atoms with Gasteiger partial charge < -0.3 is 5.32 Å². The Morgan fingerprint density at radius 3 is 2.90 bits per heavy atom. The first-order valence-corrected chi connectivity index (χ1v) is 8.90. The standard InChI is InChI=1S/C13H16BrFN2O2S/c14-11-7-10(15)1-2-13(11)20(18,19)17-6-4-12-9(8-17)3-5-16-12/h1-2,7,9,12,16H,3-6,8H2. The molecule has 1 N–H and O–H groups in total. The Labute approximate surface area is 126 Å². The number of nitrogens with zero attached hydrogens (tertiary/aromatic N) is 1. The molecule has 2 atom stereocenters. The van der Waals surface area contributed by atoms with Crippen LogP contribution in [0.4, 0.5) is 4.39 Å². The number of nitrogens with one attached hydrogen (secondary N) is 1. The minimum Gasteiger partial charge on any atom is -0.314 e. The molecule has 2 saturated heterocycles. The van der Waals surface area contributed by atoms with Gasteiger partial charge in [0, 0.05) is 23.6 Å². The smallest absolute Gasteiger partial charge is 0.244 e. The number of hydrogen-bond donors (Lipinski definition) is 1. The summed E-state index contributed by atoms with van der Waals surface area (Å²) in [5.74, 6) is -0.0627. The third kappa shape index (κ3) is 2.52. The van der Waals surface area contributed by atoms with Gasteiger partial charge in [0.05, 0.1) is 4.90 Å². The quantitative estimate of drug-likeness (QED) is 0.874. The van der Waals surface area contributed by atoms with Crippen LogP contribution in [0.3, 0.4) is 0 Å². The number of halogens is 2. The molecule has 2 aliphatic heterocycles. The Morgan fingerprint density at radius 2 is 2.15 bits per heavy atom. The molecule has 3 rings (SSSR count). The zero-order chi connectivity index (χ0) is 14.3. The van der Waals surface area contributed by atoms with E-state index in [0.29, 0.717) is 25.0 Å². The lowest BCUT2D eigenvalue weighted by Gasteiger charge is -2.34. The molecule has 1 aromatic rings. The predicted molar refractivity (Wildman–Crippen MR) is 77.4 cm³/mol. The minimum atomic E-state index is -3.56. The zero-order valence-corrected chi connectivity index (χ0v) is 13.3. The number of fused-ring (bicyclic) bond motifs is 1. The average molecular weight is 363 g/mol. The molecule has 0 radical (unpaired) electrons. The van der Waals surface area contributed by atoms with Crippen LogP contribution in [0.15, 0.2) is 27.6 Å². The lowest BCUT2D eigenvalue weighted by Crippen LogP contribution is -2.46. The molecule has 20 heavy (non-hydrogen) atoms. The van der Waals surface area contributed by atoms with Gasteiger partial charge >= 0.3 is 0 Å². The van der Waals surface area contributed by atoms with E-state index in [1.54, 1.807) is 0 Å². The third-order valence-electron chi connectivity index (χ3n) is 4.13. The van der Waals surface area contributed by atoms with Gasteiger partial charge in [-0.15, -0.1) is 0 Å². The second kappa shape index (κ2) is 5.36. The fourth-order valence-electron chi connectivity index (χ4n) is 3.06. The number of hydrogen-bond acceptors (Lipinski definition) is 3. The Balaban J connectivity index is 1.88. The Hall–Kier alpha value is -0.500. The minimum absolute atomic E-state index is 0.142. The van der Waals surface area contributed by atoms with Crippen LogP contribution in [0.2, 0.25) is 0 Å². The van der Waals surface area contributed by atoms with E-state index in [1.165, 1.54) is 22.5 Å². The van der Waals surface area contributed by atoms with Gasteiger partial charge in [-0.1, -0.05) is 0 Å². The molecule has 0 amide bonds. The normalized spacial score (nSPS) is 27.5. The van der Waals surface area contributed by atoms with Crippen LogP contribution in [0.1, 0.15) is 12.8 Å². The number of piperidine rings is 1. The van der Waals surface area contributed by atoms with Gasteiger partial charge in [0.2, 0.25) is 10.0 Å². The highest BCUT2D eigenvalue weighted by molar-refractivity contribution is 9.10. The highest BCUT2D eigenvalue weighted by Gasteiger charge is 2.38. The van der Waals surface area contributed by atoms with Crippen molar-refractivity contribution in [3.8, 4) is 0 Å². The second-order valence-corrected chi connectivity index (χ2v) is 8.10. The summed E-state index contributed by atoms with van der Waals surface area (Å²) in [7, 11) is -3.56. The first kappa shape index (κ1) is 14.4. The van der Waals surface area contributed by atoms with Crippen molar-refractivity contribution in [3.05, 3.63) is 28.5 Å². The average Bonchev–Trinajstić information content (AvgIpc) is 2.85. The van der Waals surface area contributed by atoms with Gasteiger partial charge in [-0.25, -0.2) is 12.8 Å². The SMILES string of the molecule is O=S(=O)(c1ccc(F)cc1Br)N1CCC2NCCC2C1. The van der Waals surface area contributed by atoms with E-state index in [4.69, 9.17) is 0 Å². The van der Waals surface area contributed by atoms with Crippen molar-refractivity contribution in [1.29, 1.82) is 0 Å². The molecule has 2 heterocycles. The topological polar surface area (TPSA) is 49.4 Å². The van der Waals surface area contributed by atoms with Gasteiger partial charge in [0.25, 0.3) is 0 Å². The van der Waals surface area contributed by atoms with E-state index >= 15 is 0 Å². The van der Waals surface area contributed by atoms with Crippen molar-refractivity contribution in [3.63, 3.8) is 0 Å². The first-order chi connectivity index (χ1) is 9.48. The summed E-state index contributed by atoms with van der Waals surface area (Å²) in [6.07, 6.45) is 1.85. The van der Waals surface area contributed by atoms with Gasteiger partial charge in [-0.05, 0) is 59.4 Å². The lowest BCUT2D eigenvalue weighted by atomic mass is 9.95. The Bertz CT molecular complexity index is 623. The van der Waals surface area contributed by atoms with E-state index in [0.717, 1.165) is 19.4 Å². The van der Waals surface area contributed by atoms with Gasteiger partial charge in [0.15, 0.2) is 0 Å². The highest BCUT2D eigenvalue weighted by atomic mass is 79.9. The maximum atomic E-state index is 13.1. The van der Waals surface area contributed by atoms with Crippen molar-refractivity contribution in [2.75, 3.05) is 19.6 Å². The molecule has 7 heteroatoms. The van der Waals surface area contributed by atoms with E-state index in [-0.39, 0.29) is 9.37 Å². The number of sulfonamides is 1. The molecule has 110 valence electrons. The fraction of sp³-hybridized carbons (Fsp3) is 0.538. The van der Waals surface area contributed by atoms with Crippen LogP contribution in [0, 0.1) is 11.7 Å². The predicted octanol–water partition coefficient (Wildman–Crippen LogP) is 1.96. The van der Waals surface area contributed by atoms with E-state index in [1.807, 2.05) is 0 Å². The summed E-state index contributed by atoms with van der Waals surface area (Å²) >= 11 is 3.15. The van der Waals surface area contributed by atoms with Crippen LogP contribution < -0.4 is 5.32 Å². The highest BCUT2D eigenvalue weighted by Crippen LogP contribution is 2.31. The third-order valence-corrected chi connectivity index (χ3v) is 6.97. The van der Waals surface area contributed by atoms with Crippen LogP contribution in [0.5, 0.6) is 0 Å². The summed E-state index contributed by atoms with van der Waals surface area (Å²) < 4.78 is 40.2. The molecule has 2 fully saturated rings. The summed E-state index contributed by atoms with van der Waals surface area (Å²) in [4.78, 5) is 0.142. The Morgan fingerprint density at radius 1 is 1.35 bits per heavy atom. The van der Waals surface area contributed by atoms with Crippen molar-refractivity contribution < 1.29 is 12.8 Å².